The average molecular weight is 403 g/mol. The molecule has 0 spiro atoms. The van der Waals surface area contributed by atoms with Gasteiger partial charge in [0.05, 0.1) is 19.9 Å². The number of benzene rings is 1. The van der Waals surface area contributed by atoms with Gasteiger partial charge in [-0.15, -0.1) is 0 Å². The van der Waals surface area contributed by atoms with Crippen LogP contribution in [0.25, 0.3) is 0 Å². The highest BCUT2D eigenvalue weighted by Gasteiger charge is 2.32. The number of hydrogen-bond donors (Lipinski definition) is 1. The largest absolute Gasteiger partial charge is 0.497 e. The minimum Gasteiger partial charge on any atom is -0.497 e. The van der Waals surface area contributed by atoms with E-state index in [2.05, 4.69) is 22.2 Å². The summed E-state index contributed by atoms with van der Waals surface area (Å²) in [7, 11) is 5.29. The molecular weight excluding hydrogens is 376 g/mol. The van der Waals surface area contributed by atoms with E-state index in [4.69, 9.17) is 14.5 Å². The van der Waals surface area contributed by atoms with Gasteiger partial charge in [-0.3, -0.25) is 10.1 Å². The minimum absolute atomic E-state index is 0.210. The standard InChI is InChI=1S/C20H26N4O3S/c1-23-6-8-24(9-7-23)19-17(13-4-5-13)21-20(28-19)22-18(25)14-10-15(26-2)12-16(11-14)27-3/h10-13H,4-9H2,1-3H3,(H,21,22,25). The Morgan fingerprint density at radius 1 is 1.11 bits per heavy atom. The van der Waals surface area contributed by atoms with E-state index in [0.29, 0.717) is 28.1 Å². The maximum absolute atomic E-state index is 12.8. The van der Waals surface area contributed by atoms with Crippen LogP contribution in [0.5, 0.6) is 11.5 Å². The number of nitrogens with zero attached hydrogens (tertiary/aromatic N) is 3. The van der Waals surface area contributed by atoms with Crippen LogP contribution >= 0.6 is 11.3 Å². The fraction of sp³-hybridized carbons (Fsp3) is 0.500. The van der Waals surface area contributed by atoms with Gasteiger partial charge >= 0.3 is 0 Å². The van der Waals surface area contributed by atoms with E-state index in [-0.39, 0.29) is 5.91 Å². The Balaban J connectivity index is 1.55. The molecule has 2 heterocycles. The summed E-state index contributed by atoms with van der Waals surface area (Å²) in [5.41, 5.74) is 1.63. The smallest absolute Gasteiger partial charge is 0.257 e. The van der Waals surface area contributed by atoms with E-state index in [1.54, 1.807) is 43.8 Å². The first kappa shape index (κ1) is 19.0. The third kappa shape index (κ3) is 4.07. The Morgan fingerprint density at radius 3 is 2.32 bits per heavy atom. The zero-order chi connectivity index (χ0) is 19.7. The van der Waals surface area contributed by atoms with Gasteiger partial charge in [0.1, 0.15) is 16.5 Å². The van der Waals surface area contributed by atoms with E-state index >= 15 is 0 Å². The molecule has 0 bridgehead atoms. The lowest BCUT2D eigenvalue weighted by atomic mass is 10.2. The molecular formula is C20H26N4O3S. The average Bonchev–Trinajstić information content (AvgIpc) is 3.48. The van der Waals surface area contributed by atoms with Gasteiger partial charge in [-0.1, -0.05) is 11.3 Å². The second kappa shape index (κ2) is 7.97. The number of ether oxygens (including phenoxy) is 2. The van der Waals surface area contributed by atoms with Crippen LogP contribution in [0.2, 0.25) is 0 Å². The minimum atomic E-state index is -0.210. The fourth-order valence-electron chi connectivity index (χ4n) is 3.34. The third-order valence-corrected chi connectivity index (χ3v) is 6.27. The highest BCUT2D eigenvalue weighted by atomic mass is 32.1. The number of thiazole rings is 1. The molecule has 1 aliphatic carbocycles. The van der Waals surface area contributed by atoms with E-state index < -0.39 is 0 Å². The van der Waals surface area contributed by atoms with Gasteiger partial charge < -0.3 is 19.3 Å². The van der Waals surface area contributed by atoms with Crippen molar-refractivity contribution in [2.24, 2.45) is 0 Å². The van der Waals surface area contributed by atoms with Crippen LogP contribution in [-0.4, -0.2) is 63.2 Å². The van der Waals surface area contributed by atoms with Crippen LogP contribution in [-0.2, 0) is 0 Å². The molecule has 1 amide bonds. The number of anilines is 2. The molecule has 0 radical (unpaired) electrons. The monoisotopic (exact) mass is 402 g/mol. The molecule has 2 fully saturated rings. The SMILES string of the molecule is COc1cc(OC)cc(C(=O)Nc2nc(C3CC3)c(N3CCN(C)CC3)s2)c1. The van der Waals surface area contributed by atoms with Crippen LogP contribution < -0.4 is 19.7 Å². The van der Waals surface area contributed by atoms with Crippen molar-refractivity contribution in [3.8, 4) is 11.5 Å². The number of rotatable bonds is 6. The molecule has 7 nitrogen and oxygen atoms in total. The van der Waals surface area contributed by atoms with E-state index in [9.17, 15) is 4.79 Å². The zero-order valence-corrected chi connectivity index (χ0v) is 17.3. The molecule has 1 saturated carbocycles. The lowest BCUT2D eigenvalue weighted by molar-refractivity contribution is 0.102. The van der Waals surface area contributed by atoms with Crippen molar-refractivity contribution in [1.29, 1.82) is 0 Å². The van der Waals surface area contributed by atoms with Gasteiger partial charge in [0.25, 0.3) is 5.91 Å². The van der Waals surface area contributed by atoms with Crippen LogP contribution in [0.15, 0.2) is 18.2 Å². The van der Waals surface area contributed by atoms with Crippen LogP contribution in [0.4, 0.5) is 10.1 Å². The highest BCUT2D eigenvalue weighted by molar-refractivity contribution is 7.19. The summed E-state index contributed by atoms with van der Waals surface area (Å²) in [5.74, 6) is 1.49. The summed E-state index contributed by atoms with van der Waals surface area (Å²) in [4.78, 5) is 22.3. The van der Waals surface area contributed by atoms with Gasteiger partial charge in [0, 0.05) is 43.7 Å². The lowest BCUT2D eigenvalue weighted by Crippen LogP contribution is -2.44. The Bertz CT molecular complexity index is 835. The molecule has 0 atom stereocenters. The maximum atomic E-state index is 12.8. The molecule has 4 rings (SSSR count). The predicted octanol–water partition coefficient (Wildman–Crippen LogP) is 3.04. The first-order valence-corrected chi connectivity index (χ1v) is 10.4. The molecule has 1 aliphatic heterocycles. The first-order chi connectivity index (χ1) is 13.6. The zero-order valence-electron chi connectivity index (χ0n) is 16.5. The van der Waals surface area contributed by atoms with E-state index in [1.165, 1.54) is 17.8 Å². The van der Waals surface area contributed by atoms with Gasteiger partial charge in [-0.2, -0.15) is 0 Å². The summed E-state index contributed by atoms with van der Waals surface area (Å²) < 4.78 is 10.5. The molecule has 150 valence electrons. The summed E-state index contributed by atoms with van der Waals surface area (Å²) in [6.45, 7) is 4.10. The topological polar surface area (TPSA) is 66.9 Å². The Kier molecular flexibility index (Phi) is 5.41. The molecule has 0 unspecified atom stereocenters. The van der Waals surface area contributed by atoms with Crippen LogP contribution in [0.3, 0.4) is 0 Å². The van der Waals surface area contributed by atoms with Crippen molar-refractivity contribution < 1.29 is 14.3 Å². The van der Waals surface area contributed by atoms with Gasteiger partial charge in [-0.25, -0.2) is 4.98 Å². The molecule has 1 N–H and O–H groups in total. The third-order valence-electron chi connectivity index (χ3n) is 5.22. The normalized spacial score (nSPS) is 17.5. The predicted molar refractivity (Wildman–Crippen MR) is 111 cm³/mol. The van der Waals surface area contributed by atoms with Crippen molar-refractivity contribution in [2.75, 3.05) is 57.7 Å². The summed E-state index contributed by atoms with van der Waals surface area (Å²) in [6, 6.07) is 5.15. The molecule has 1 aromatic carbocycles. The van der Waals surface area contributed by atoms with Crippen molar-refractivity contribution in [2.45, 2.75) is 18.8 Å². The summed E-state index contributed by atoms with van der Waals surface area (Å²) >= 11 is 1.58. The number of methoxy groups -OCH3 is 2. The molecule has 1 aromatic heterocycles. The molecule has 1 saturated heterocycles. The van der Waals surface area contributed by atoms with Crippen LogP contribution in [0, 0.1) is 0 Å². The van der Waals surface area contributed by atoms with Gasteiger partial charge in [0.2, 0.25) is 0 Å². The molecule has 2 aromatic rings. The quantitative estimate of drug-likeness (QED) is 0.801. The van der Waals surface area contributed by atoms with Crippen molar-refractivity contribution >= 4 is 27.4 Å². The Hall–Kier alpha value is -2.32. The second-order valence-electron chi connectivity index (χ2n) is 7.33. The molecule has 2 aliphatic rings. The number of amides is 1. The van der Waals surface area contributed by atoms with Gasteiger partial charge in [-0.05, 0) is 32.0 Å². The number of carbonyl (C=O) groups excluding carboxylic acids is 1. The summed E-state index contributed by atoms with van der Waals surface area (Å²) in [6.07, 6.45) is 2.37. The van der Waals surface area contributed by atoms with Crippen molar-refractivity contribution in [3.63, 3.8) is 0 Å². The summed E-state index contributed by atoms with van der Waals surface area (Å²) in [5, 5.41) is 4.84. The number of likely N-dealkylation sites (N-methyl/N-ethyl adjacent to an activating group) is 1. The van der Waals surface area contributed by atoms with E-state index in [0.717, 1.165) is 31.9 Å². The molecule has 8 heteroatoms. The van der Waals surface area contributed by atoms with Crippen LogP contribution in [0.1, 0.15) is 34.8 Å². The maximum Gasteiger partial charge on any atom is 0.257 e. The van der Waals surface area contributed by atoms with Gasteiger partial charge in [0.15, 0.2) is 5.13 Å². The molecule has 28 heavy (non-hydrogen) atoms. The first-order valence-electron chi connectivity index (χ1n) is 9.56. The number of hydrogen-bond acceptors (Lipinski definition) is 7. The lowest BCUT2D eigenvalue weighted by Gasteiger charge is -2.33. The van der Waals surface area contributed by atoms with Crippen molar-refractivity contribution in [3.05, 3.63) is 29.5 Å². The second-order valence-corrected chi connectivity index (χ2v) is 8.31. The van der Waals surface area contributed by atoms with E-state index in [1.807, 2.05) is 0 Å². The fourth-order valence-corrected chi connectivity index (χ4v) is 4.44. The number of piperazine rings is 1. The number of carbonyl (C=O) groups is 1. The van der Waals surface area contributed by atoms with Crippen molar-refractivity contribution in [1.82, 2.24) is 9.88 Å². The highest BCUT2D eigenvalue weighted by Crippen LogP contribution is 2.47. The number of aromatic nitrogens is 1. The Labute approximate surface area is 169 Å². The Morgan fingerprint density at radius 2 is 1.75 bits per heavy atom. The number of nitrogens with one attached hydrogen (secondary N) is 1.